The highest BCUT2D eigenvalue weighted by Crippen LogP contribution is 2.42. The normalized spacial score (nSPS) is 29.6. The second kappa shape index (κ2) is 5.20. The van der Waals surface area contributed by atoms with E-state index < -0.39 is 5.54 Å². The van der Waals surface area contributed by atoms with Gasteiger partial charge in [-0.05, 0) is 44.2 Å². The molecule has 2 atom stereocenters. The molecule has 1 aromatic heterocycles. The van der Waals surface area contributed by atoms with Crippen molar-refractivity contribution in [2.24, 2.45) is 5.92 Å². The molecule has 0 spiro atoms. The summed E-state index contributed by atoms with van der Waals surface area (Å²) >= 11 is 0. The van der Waals surface area contributed by atoms with E-state index >= 15 is 0 Å². The second-order valence-corrected chi connectivity index (χ2v) is 6.22. The average molecular weight is 290 g/mol. The molecular formula is C16H22N2O3. The molecule has 114 valence electrons. The van der Waals surface area contributed by atoms with E-state index in [9.17, 15) is 9.59 Å². The van der Waals surface area contributed by atoms with Gasteiger partial charge in [0.1, 0.15) is 17.3 Å². The molecule has 0 bridgehead atoms. The lowest BCUT2D eigenvalue weighted by molar-refractivity contribution is -0.155. The van der Waals surface area contributed by atoms with Gasteiger partial charge < -0.3 is 14.6 Å². The fraction of sp³-hybridized carbons (Fsp3) is 0.625. The zero-order valence-corrected chi connectivity index (χ0v) is 12.6. The highest BCUT2D eigenvalue weighted by molar-refractivity contribution is 6.00. The quantitative estimate of drug-likeness (QED) is 0.898. The molecular weight excluding hydrogens is 268 g/mol. The molecule has 1 aliphatic heterocycles. The third-order valence-electron chi connectivity index (χ3n) is 4.73. The van der Waals surface area contributed by atoms with Gasteiger partial charge >= 0.3 is 0 Å². The van der Waals surface area contributed by atoms with Gasteiger partial charge in [0.25, 0.3) is 0 Å². The van der Waals surface area contributed by atoms with E-state index in [4.69, 9.17) is 4.42 Å². The summed E-state index contributed by atoms with van der Waals surface area (Å²) in [4.78, 5) is 27.0. The van der Waals surface area contributed by atoms with Gasteiger partial charge in [0.2, 0.25) is 11.8 Å². The van der Waals surface area contributed by atoms with E-state index in [1.54, 1.807) is 11.2 Å². The largest absolute Gasteiger partial charge is 0.469 e. The van der Waals surface area contributed by atoms with Gasteiger partial charge in [-0.3, -0.25) is 9.59 Å². The van der Waals surface area contributed by atoms with Crippen molar-refractivity contribution in [3.05, 3.63) is 24.2 Å². The van der Waals surface area contributed by atoms with Crippen LogP contribution in [0, 0.1) is 5.92 Å². The molecule has 2 unspecified atom stereocenters. The number of rotatable bonds is 5. The lowest BCUT2D eigenvalue weighted by Crippen LogP contribution is -2.70. The van der Waals surface area contributed by atoms with Gasteiger partial charge in [-0.25, -0.2) is 0 Å². The van der Waals surface area contributed by atoms with Gasteiger partial charge in [-0.1, -0.05) is 6.92 Å². The lowest BCUT2D eigenvalue weighted by atomic mass is 9.88. The van der Waals surface area contributed by atoms with Crippen molar-refractivity contribution < 1.29 is 14.0 Å². The Morgan fingerprint density at radius 1 is 1.43 bits per heavy atom. The zero-order valence-electron chi connectivity index (χ0n) is 12.6. The standard InChI is InChI=1S/C16H22N2O3/c1-3-13-14(19)17-16(2,11-6-7-11)15(20)18(13)9-8-12-5-4-10-21-12/h4-5,10-11,13H,3,6-9H2,1-2H3,(H,17,19). The van der Waals surface area contributed by atoms with Crippen LogP contribution in [0.3, 0.4) is 0 Å². The minimum Gasteiger partial charge on any atom is -0.469 e. The highest BCUT2D eigenvalue weighted by atomic mass is 16.3. The number of furan rings is 1. The lowest BCUT2D eigenvalue weighted by Gasteiger charge is -2.44. The van der Waals surface area contributed by atoms with Crippen LogP contribution in [0.5, 0.6) is 0 Å². The van der Waals surface area contributed by atoms with Crippen molar-refractivity contribution in [1.29, 1.82) is 0 Å². The summed E-state index contributed by atoms with van der Waals surface area (Å²) in [5.74, 6) is 1.17. The minimum atomic E-state index is -0.716. The molecule has 0 aromatic carbocycles. The van der Waals surface area contributed by atoms with Crippen LogP contribution in [-0.2, 0) is 16.0 Å². The van der Waals surface area contributed by atoms with Crippen LogP contribution in [0.25, 0.3) is 0 Å². The predicted octanol–water partition coefficient (Wildman–Crippen LogP) is 1.73. The van der Waals surface area contributed by atoms with Gasteiger partial charge in [-0.2, -0.15) is 0 Å². The van der Waals surface area contributed by atoms with Gasteiger partial charge in [0.05, 0.1) is 6.26 Å². The Kier molecular flexibility index (Phi) is 3.51. The van der Waals surface area contributed by atoms with Crippen LogP contribution >= 0.6 is 0 Å². The maximum Gasteiger partial charge on any atom is 0.249 e. The average Bonchev–Trinajstić information content (AvgIpc) is 3.20. The number of nitrogens with zero attached hydrogens (tertiary/aromatic N) is 1. The minimum absolute atomic E-state index is 0.0223. The first-order valence-corrected chi connectivity index (χ1v) is 7.71. The third-order valence-corrected chi connectivity index (χ3v) is 4.73. The monoisotopic (exact) mass is 290 g/mol. The number of carbonyl (C=O) groups is 2. The Bertz CT molecular complexity index is 536. The first-order chi connectivity index (χ1) is 10.1. The summed E-state index contributed by atoms with van der Waals surface area (Å²) < 4.78 is 5.33. The molecule has 0 radical (unpaired) electrons. The SMILES string of the molecule is CCC1C(=O)NC(C)(C2CC2)C(=O)N1CCc1ccco1. The Morgan fingerprint density at radius 3 is 2.76 bits per heavy atom. The fourth-order valence-electron chi connectivity index (χ4n) is 3.26. The topological polar surface area (TPSA) is 62.6 Å². The summed E-state index contributed by atoms with van der Waals surface area (Å²) in [7, 11) is 0. The maximum absolute atomic E-state index is 12.9. The Morgan fingerprint density at radius 2 is 2.19 bits per heavy atom. The first-order valence-electron chi connectivity index (χ1n) is 7.71. The molecule has 1 saturated heterocycles. The number of carbonyl (C=O) groups excluding carboxylic acids is 2. The molecule has 5 nitrogen and oxygen atoms in total. The molecule has 2 amide bonds. The molecule has 2 heterocycles. The van der Waals surface area contributed by atoms with Crippen molar-refractivity contribution in [3.63, 3.8) is 0 Å². The number of nitrogens with one attached hydrogen (secondary N) is 1. The van der Waals surface area contributed by atoms with E-state index in [0.717, 1.165) is 18.6 Å². The van der Waals surface area contributed by atoms with E-state index in [-0.39, 0.29) is 23.8 Å². The molecule has 1 saturated carbocycles. The van der Waals surface area contributed by atoms with Crippen molar-refractivity contribution in [2.75, 3.05) is 6.54 Å². The summed E-state index contributed by atoms with van der Waals surface area (Å²) in [5, 5.41) is 2.98. The molecule has 2 fully saturated rings. The first kappa shape index (κ1) is 14.2. The smallest absolute Gasteiger partial charge is 0.249 e. The fourth-order valence-corrected chi connectivity index (χ4v) is 3.26. The van der Waals surface area contributed by atoms with E-state index in [0.29, 0.717) is 19.4 Å². The van der Waals surface area contributed by atoms with Crippen LogP contribution < -0.4 is 5.32 Å². The van der Waals surface area contributed by atoms with Crippen molar-refractivity contribution >= 4 is 11.8 Å². The number of hydrogen-bond donors (Lipinski definition) is 1. The maximum atomic E-state index is 12.9. The molecule has 1 N–H and O–H groups in total. The van der Waals surface area contributed by atoms with E-state index in [1.165, 1.54) is 0 Å². The number of piperazine rings is 1. The highest BCUT2D eigenvalue weighted by Gasteiger charge is 2.54. The van der Waals surface area contributed by atoms with E-state index in [1.807, 2.05) is 26.0 Å². The number of hydrogen-bond acceptors (Lipinski definition) is 3. The molecule has 1 aliphatic carbocycles. The molecule has 3 rings (SSSR count). The summed E-state index contributed by atoms with van der Waals surface area (Å²) in [5.41, 5.74) is -0.716. The summed E-state index contributed by atoms with van der Waals surface area (Å²) in [6.45, 7) is 4.34. The van der Waals surface area contributed by atoms with Crippen LogP contribution in [-0.4, -0.2) is 34.8 Å². The zero-order chi connectivity index (χ0) is 15.0. The van der Waals surface area contributed by atoms with Crippen molar-refractivity contribution in [2.45, 2.75) is 51.1 Å². The van der Waals surface area contributed by atoms with Gasteiger partial charge in [0.15, 0.2) is 0 Å². The van der Waals surface area contributed by atoms with Crippen LogP contribution in [0.1, 0.15) is 38.9 Å². The summed E-state index contributed by atoms with van der Waals surface area (Å²) in [6.07, 6.45) is 4.95. The van der Waals surface area contributed by atoms with Crippen LogP contribution in [0.4, 0.5) is 0 Å². The van der Waals surface area contributed by atoms with Gasteiger partial charge in [-0.15, -0.1) is 0 Å². The van der Waals surface area contributed by atoms with Crippen molar-refractivity contribution in [1.82, 2.24) is 10.2 Å². The van der Waals surface area contributed by atoms with E-state index in [2.05, 4.69) is 5.32 Å². The molecule has 2 aliphatic rings. The Balaban J connectivity index is 1.79. The molecule has 1 aromatic rings. The second-order valence-electron chi connectivity index (χ2n) is 6.22. The number of amides is 2. The summed E-state index contributed by atoms with van der Waals surface area (Å²) in [6, 6.07) is 3.38. The van der Waals surface area contributed by atoms with Gasteiger partial charge in [0, 0.05) is 13.0 Å². The molecule has 21 heavy (non-hydrogen) atoms. The van der Waals surface area contributed by atoms with Crippen LogP contribution in [0.15, 0.2) is 22.8 Å². The Labute approximate surface area is 124 Å². The third kappa shape index (κ3) is 2.45. The van der Waals surface area contributed by atoms with Crippen LogP contribution in [0.2, 0.25) is 0 Å². The predicted molar refractivity (Wildman–Crippen MR) is 77.5 cm³/mol. The Hall–Kier alpha value is -1.78. The van der Waals surface area contributed by atoms with Crippen molar-refractivity contribution in [3.8, 4) is 0 Å². The molecule has 5 heteroatoms.